The fourth-order valence-electron chi connectivity index (χ4n) is 4.81. The molecule has 1 saturated carbocycles. The molecule has 1 aliphatic heterocycles. The van der Waals surface area contributed by atoms with Gasteiger partial charge in [-0.1, -0.05) is 6.92 Å². The third-order valence-electron chi connectivity index (χ3n) is 6.46. The molecule has 5 rings (SSSR count). The summed E-state index contributed by atoms with van der Waals surface area (Å²) in [7, 11) is 0. The van der Waals surface area contributed by atoms with Gasteiger partial charge < -0.3 is 20.3 Å². The summed E-state index contributed by atoms with van der Waals surface area (Å²) in [5.41, 5.74) is 3.55. The molecule has 9 heteroatoms. The number of aromatic nitrogens is 2. The highest BCUT2D eigenvalue weighted by Gasteiger charge is 2.30. The number of carbonyl (C=O) groups is 2. The fourth-order valence-corrected chi connectivity index (χ4v) is 5.79. The van der Waals surface area contributed by atoms with Gasteiger partial charge in [0, 0.05) is 25.3 Å². The number of nitrogens with zero attached hydrogens (tertiary/aromatic N) is 3. The molecule has 0 aromatic carbocycles. The molecular weight excluding hydrogens is 474 g/mol. The van der Waals surface area contributed by atoms with Gasteiger partial charge in [0.25, 0.3) is 5.91 Å². The van der Waals surface area contributed by atoms with Crippen LogP contribution in [0.2, 0.25) is 0 Å². The van der Waals surface area contributed by atoms with E-state index in [9.17, 15) is 9.59 Å². The first kappa shape index (κ1) is 24.5. The van der Waals surface area contributed by atoms with Crippen LogP contribution in [-0.2, 0) is 4.74 Å². The minimum absolute atomic E-state index is 0.0659. The number of anilines is 2. The third-order valence-corrected chi connectivity index (χ3v) is 7.42. The molecule has 2 N–H and O–H groups in total. The van der Waals surface area contributed by atoms with Crippen LogP contribution in [0.15, 0.2) is 36.0 Å². The number of piperidine rings is 1. The maximum absolute atomic E-state index is 13.2. The van der Waals surface area contributed by atoms with Gasteiger partial charge in [-0.3, -0.25) is 9.78 Å². The van der Waals surface area contributed by atoms with E-state index in [0.29, 0.717) is 29.8 Å². The summed E-state index contributed by atoms with van der Waals surface area (Å²) < 4.78 is 6.56. The summed E-state index contributed by atoms with van der Waals surface area (Å²) in [4.78, 5) is 36.8. The predicted molar refractivity (Wildman–Crippen MR) is 143 cm³/mol. The van der Waals surface area contributed by atoms with Crippen LogP contribution in [0.1, 0.15) is 68.9 Å². The summed E-state index contributed by atoms with van der Waals surface area (Å²) >= 11 is 1.69. The molecule has 3 aromatic heterocycles. The van der Waals surface area contributed by atoms with E-state index in [1.807, 2.05) is 32.9 Å². The summed E-state index contributed by atoms with van der Waals surface area (Å²) in [6.07, 6.45) is 6.23. The molecule has 3 aromatic rings. The number of alkyl carbamates (subject to hydrolysis) is 1. The van der Waals surface area contributed by atoms with E-state index in [4.69, 9.17) is 9.72 Å². The fraction of sp³-hybridized carbons (Fsp3) is 0.481. The Kier molecular flexibility index (Phi) is 6.59. The van der Waals surface area contributed by atoms with Crippen molar-refractivity contribution in [2.75, 3.05) is 23.3 Å². The van der Waals surface area contributed by atoms with Crippen molar-refractivity contribution in [1.82, 2.24) is 15.3 Å². The number of rotatable bonds is 5. The summed E-state index contributed by atoms with van der Waals surface area (Å²) in [5, 5.41) is 8.22. The number of nitrogens with one attached hydrogen (secondary N) is 2. The lowest BCUT2D eigenvalue weighted by atomic mass is 9.95. The van der Waals surface area contributed by atoms with Crippen molar-refractivity contribution in [3.05, 3.63) is 47.2 Å². The minimum Gasteiger partial charge on any atom is -0.444 e. The Morgan fingerprint density at radius 1 is 1.17 bits per heavy atom. The summed E-state index contributed by atoms with van der Waals surface area (Å²) in [6, 6.07) is 5.60. The number of ether oxygens (including phenoxy) is 1. The molecule has 1 saturated heterocycles. The molecule has 190 valence electrons. The Morgan fingerprint density at radius 2 is 1.97 bits per heavy atom. The Bertz CT molecular complexity index is 1280. The van der Waals surface area contributed by atoms with Crippen molar-refractivity contribution in [3.8, 4) is 0 Å². The molecule has 0 radical (unpaired) electrons. The molecule has 0 bridgehead atoms. The van der Waals surface area contributed by atoms with Gasteiger partial charge in [0.15, 0.2) is 0 Å². The molecule has 8 nitrogen and oxygen atoms in total. The maximum atomic E-state index is 13.2. The number of fused-ring (bicyclic) bond motifs is 1. The monoisotopic (exact) mass is 507 g/mol. The van der Waals surface area contributed by atoms with Crippen LogP contribution in [0.5, 0.6) is 0 Å². The van der Waals surface area contributed by atoms with E-state index in [1.165, 1.54) is 18.4 Å². The molecule has 36 heavy (non-hydrogen) atoms. The molecular formula is C27H33N5O3S. The first-order chi connectivity index (χ1) is 17.2. The Hall–Kier alpha value is -3.20. The van der Waals surface area contributed by atoms with Crippen molar-refractivity contribution < 1.29 is 14.3 Å². The average molecular weight is 508 g/mol. The van der Waals surface area contributed by atoms with E-state index < -0.39 is 11.7 Å². The minimum atomic E-state index is -0.550. The van der Waals surface area contributed by atoms with E-state index in [-0.39, 0.29) is 11.9 Å². The number of amides is 2. The van der Waals surface area contributed by atoms with Crippen LogP contribution in [-0.4, -0.2) is 46.7 Å². The lowest BCUT2D eigenvalue weighted by Crippen LogP contribution is -2.51. The summed E-state index contributed by atoms with van der Waals surface area (Å²) in [6.45, 7) is 9.14. The molecule has 2 amide bonds. The first-order valence-corrected chi connectivity index (χ1v) is 13.4. The first-order valence-electron chi connectivity index (χ1n) is 12.5. The quantitative estimate of drug-likeness (QED) is 0.469. The molecule has 2 fully saturated rings. The van der Waals surface area contributed by atoms with Gasteiger partial charge in [0.1, 0.15) is 11.3 Å². The lowest BCUT2D eigenvalue weighted by molar-refractivity contribution is 0.0495. The van der Waals surface area contributed by atoms with Crippen LogP contribution in [0, 0.1) is 5.92 Å². The molecule has 2 atom stereocenters. The van der Waals surface area contributed by atoms with Crippen molar-refractivity contribution in [1.29, 1.82) is 0 Å². The Labute approximate surface area is 215 Å². The topological polar surface area (TPSA) is 96.5 Å². The lowest BCUT2D eigenvalue weighted by Gasteiger charge is -2.39. The zero-order valence-corrected chi connectivity index (χ0v) is 22.0. The van der Waals surface area contributed by atoms with E-state index in [2.05, 4.69) is 32.8 Å². The van der Waals surface area contributed by atoms with Gasteiger partial charge >= 0.3 is 6.09 Å². The van der Waals surface area contributed by atoms with Crippen molar-refractivity contribution in [3.63, 3.8) is 0 Å². The van der Waals surface area contributed by atoms with Gasteiger partial charge in [-0.05, 0) is 81.0 Å². The molecule has 0 spiro atoms. The second-order valence-electron chi connectivity index (χ2n) is 10.9. The van der Waals surface area contributed by atoms with Crippen LogP contribution < -0.4 is 15.5 Å². The number of carbonyl (C=O) groups excluding carboxylic acids is 2. The van der Waals surface area contributed by atoms with Crippen molar-refractivity contribution >= 4 is 44.9 Å². The Balaban J connectivity index is 1.32. The highest BCUT2D eigenvalue weighted by molar-refractivity contribution is 7.17. The highest BCUT2D eigenvalue weighted by atomic mass is 32.1. The SMILES string of the molecule is C[C@@H]1C[C@H](NC(=O)OC(C)(C)C)CN(c2ccncc2NC(=O)c2ccc3scc(C4CC4)c3n2)C1. The Morgan fingerprint density at radius 3 is 2.72 bits per heavy atom. The van der Waals surface area contributed by atoms with E-state index in [1.54, 1.807) is 29.8 Å². The molecule has 2 aliphatic rings. The smallest absolute Gasteiger partial charge is 0.407 e. The molecule has 0 unspecified atom stereocenters. The van der Waals surface area contributed by atoms with Gasteiger partial charge in [0.05, 0.1) is 27.8 Å². The number of pyridine rings is 2. The van der Waals surface area contributed by atoms with E-state index in [0.717, 1.165) is 28.9 Å². The van der Waals surface area contributed by atoms with Gasteiger partial charge in [-0.15, -0.1) is 11.3 Å². The standard InChI is InChI=1S/C27H33N5O3S/c1-16-11-18(29-26(34)35-27(2,3)4)14-32(13-16)22-9-10-28-12-21(22)31-25(33)20-7-8-23-24(30-20)19(15-36-23)17-5-6-17/h7-10,12,15-18H,5-6,11,13-14H2,1-4H3,(H,29,34)(H,31,33)/t16-,18+/m1/s1. The van der Waals surface area contributed by atoms with Crippen molar-refractivity contribution in [2.24, 2.45) is 5.92 Å². The highest BCUT2D eigenvalue weighted by Crippen LogP contribution is 2.44. The number of hydrogen-bond acceptors (Lipinski definition) is 7. The predicted octanol–water partition coefficient (Wildman–Crippen LogP) is 5.56. The van der Waals surface area contributed by atoms with Gasteiger partial charge in [-0.2, -0.15) is 0 Å². The van der Waals surface area contributed by atoms with Gasteiger partial charge in [-0.25, -0.2) is 9.78 Å². The zero-order valence-electron chi connectivity index (χ0n) is 21.2. The molecule has 1 aliphatic carbocycles. The zero-order chi connectivity index (χ0) is 25.4. The average Bonchev–Trinajstić information content (AvgIpc) is 3.56. The third kappa shape index (κ3) is 5.61. The normalized spacial score (nSPS) is 20.3. The second-order valence-corrected chi connectivity index (χ2v) is 11.9. The van der Waals surface area contributed by atoms with Crippen LogP contribution in [0.25, 0.3) is 10.2 Å². The largest absolute Gasteiger partial charge is 0.444 e. The van der Waals surface area contributed by atoms with Crippen LogP contribution >= 0.6 is 11.3 Å². The van der Waals surface area contributed by atoms with Crippen LogP contribution in [0.3, 0.4) is 0 Å². The van der Waals surface area contributed by atoms with E-state index >= 15 is 0 Å². The number of thiophene rings is 1. The number of hydrogen-bond donors (Lipinski definition) is 2. The maximum Gasteiger partial charge on any atom is 0.407 e. The van der Waals surface area contributed by atoms with Gasteiger partial charge in [0.2, 0.25) is 0 Å². The molecule has 4 heterocycles. The van der Waals surface area contributed by atoms with Crippen molar-refractivity contribution in [2.45, 2.75) is 64.5 Å². The second kappa shape index (κ2) is 9.69. The summed E-state index contributed by atoms with van der Waals surface area (Å²) in [5.74, 6) is 0.671. The van der Waals surface area contributed by atoms with Crippen LogP contribution in [0.4, 0.5) is 16.2 Å².